The molecule has 0 spiro atoms. The summed E-state index contributed by atoms with van der Waals surface area (Å²) in [6.07, 6.45) is 1.28. The summed E-state index contributed by atoms with van der Waals surface area (Å²) >= 11 is 5.98. The minimum atomic E-state index is -0.508. The number of halogens is 1. The van der Waals surface area contributed by atoms with Crippen molar-refractivity contribution < 1.29 is 13.9 Å². The van der Waals surface area contributed by atoms with Crippen molar-refractivity contribution in [2.75, 3.05) is 0 Å². The molecular weight excluding hydrogens is 350 g/mol. The lowest BCUT2D eigenvalue weighted by molar-refractivity contribution is 0.0523. The molecule has 1 heterocycles. The summed E-state index contributed by atoms with van der Waals surface area (Å²) < 4.78 is 10.8. The van der Waals surface area contributed by atoms with Crippen molar-refractivity contribution in [1.82, 2.24) is 5.32 Å². The lowest BCUT2D eigenvalue weighted by atomic mass is 10.0. The van der Waals surface area contributed by atoms with E-state index in [0.29, 0.717) is 12.4 Å². The number of amides is 1. The minimum absolute atomic E-state index is 0.406. The van der Waals surface area contributed by atoms with E-state index in [4.69, 9.17) is 20.8 Å². The molecule has 3 aromatic rings. The van der Waals surface area contributed by atoms with Crippen molar-refractivity contribution >= 4 is 28.7 Å². The van der Waals surface area contributed by atoms with Crippen molar-refractivity contribution in [2.24, 2.45) is 0 Å². The average Bonchev–Trinajstić information content (AvgIpc) is 3.01. The summed E-state index contributed by atoms with van der Waals surface area (Å²) in [5.74, 6) is 0.413. The van der Waals surface area contributed by atoms with Crippen molar-refractivity contribution in [2.45, 2.75) is 38.8 Å². The first-order valence-electron chi connectivity index (χ1n) is 8.48. The first-order valence-corrected chi connectivity index (χ1v) is 9.01. The standard InChI is InChI=1S/C21H22ClNO3/c1-21(2,3)26-20(24)23-12-14-5-4-6-15(9-14)16-7-8-19-18(10-16)17(11-22)13-25-19/h4-10,13H,11-12H2,1-3H3,(H,23,24). The third kappa shape index (κ3) is 4.38. The zero-order chi connectivity index (χ0) is 18.7. The molecule has 0 saturated carbocycles. The molecule has 1 amide bonds. The maximum absolute atomic E-state index is 11.8. The number of hydrogen-bond donors (Lipinski definition) is 1. The van der Waals surface area contributed by atoms with Gasteiger partial charge in [0.05, 0.1) is 12.1 Å². The molecule has 0 aliphatic carbocycles. The molecule has 1 N–H and O–H groups in total. The van der Waals surface area contributed by atoms with Crippen LogP contribution < -0.4 is 5.32 Å². The van der Waals surface area contributed by atoms with Crippen LogP contribution in [0.5, 0.6) is 0 Å². The molecule has 0 bridgehead atoms. The Labute approximate surface area is 158 Å². The quantitative estimate of drug-likeness (QED) is 0.584. The van der Waals surface area contributed by atoms with Crippen LogP contribution >= 0.6 is 11.6 Å². The van der Waals surface area contributed by atoms with Gasteiger partial charge in [0.2, 0.25) is 0 Å². The van der Waals surface area contributed by atoms with Crippen LogP contribution in [0.15, 0.2) is 53.1 Å². The van der Waals surface area contributed by atoms with Crippen molar-refractivity contribution in [3.63, 3.8) is 0 Å². The van der Waals surface area contributed by atoms with E-state index in [9.17, 15) is 4.79 Å². The van der Waals surface area contributed by atoms with Gasteiger partial charge in [-0.15, -0.1) is 11.6 Å². The Morgan fingerprint density at radius 1 is 1.15 bits per heavy atom. The summed E-state index contributed by atoms with van der Waals surface area (Å²) in [6.45, 7) is 5.93. The molecule has 26 heavy (non-hydrogen) atoms. The normalized spacial score (nSPS) is 11.5. The third-order valence-electron chi connectivity index (χ3n) is 3.89. The van der Waals surface area contributed by atoms with Gasteiger partial charge >= 0.3 is 6.09 Å². The molecule has 5 heteroatoms. The second-order valence-corrected chi connectivity index (χ2v) is 7.43. The number of benzene rings is 2. The number of nitrogens with one attached hydrogen (secondary N) is 1. The number of carbonyl (C=O) groups is 1. The predicted octanol–water partition coefficient (Wildman–Crippen LogP) is 5.86. The minimum Gasteiger partial charge on any atom is -0.464 e. The maximum atomic E-state index is 11.8. The SMILES string of the molecule is CC(C)(C)OC(=O)NCc1cccc(-c2ccc3occ(CCl)c3c2)c1. The van der Waals surface area contributed by atoms with Crippen LogP contribution in [0.2, 0.25) is 0 Å². The molecule has 3 rings (SSSR count). The van der Waals surface area contributed by atoms with Gasteiger partial charge in [-0.2, -0.15) is 0 Å². The largest absolute Gasteiger partial charge is 0.464 e. The fourth-order valence-corrected chi connectivity index (χ4v) is 2.92. The summed E-state index contributed by atoms with van der Waals surface area (Å²) in [6, 6.07) is 14.1. The molecule has 0 unspecified atom stereocenters. The summed E-state index contributed by atoms with van der Waals surface area (Å²) in [5, 5.41) is 3.81. The molecule has 0 aliphatic rings. The Morgan fingerprint density at radius 2 is 1.92 bits per heavy atom. The van der Waals surface area contributed by atoms with E-state index in [-0.39, 0.29) is 0 Å². The highest BCUT2D eigenvalue weighted by atomic mass is 35.5. The van der Waals surface area contributed by atoms with Crippen LogP contribution in [0.1, 0.15) is 31.9 Å². The zero-order valence-electron chi connectivity index (χ0n) is 15.1. The van der Waals surface area contributed by atoms with E-state index in [0.717, 1.165) is 33.2 Å². The van der Waals surface area contributed by atoms with E-state index < -0.39 is 11.7 Å². The Bertz CT molecular complexity index is 924. The van der Waals surface area contributed by atoms with Crippen LogP contribution in [0.25, 0.3) is 22.1 Å². The monoisotopic (exact) mass is 371 g/mol. The lowest BCUT2D eigenvalue weighted by Crippen LogP contribution is -2.32. The molecule has 0 fully saturated rings. The molecule has 0 saturated heterocycles. The third-order valence-corrected chi connectivity index (χ3v) is 4.18. The molecule has 136 valence electrons. The zero-order valence-corrected chi connectivity index (χ0v) is 15.9. The molecule has 0 aliphatic heterocycles. The van der Waals surface area contributed by atoms with Crippen LogP contribution in [0.4, 0.5) is 4.79 Å². The van der Waals surface area contributed by atoms with Crippen molar-refractivity contribution in [3.05, 3.63) is 59.9 Å². The predicted molar refractivity (Wildman–Crippen MR) is 104 cm³/mol. The molecule has 2 aromatic carbocycles. The van der Waals surface area contributed by atoms with E-state index in [1.54, 1.807) is 6.26 Å². The van der Waals surface area contributed by atoms with E-state index >= 15 is 0 Å². The summed E-state index contributed by atoms with van der Waals surface area (Å²) in [5.41, 5.74) is 4.43. The fourth-order valence-electron chi connectivity index (χ4n) is 2.71. The van der Waals surface area contributed by atoms with Crippen molar-refractivity contribution in [3.8, 4) is 11.1 Å². The van der Waals surface area contributed by atoms with Gasteiger partial charge in [-0.05, 0) is 55.7 Å². The summed E-state index contributed by atoms with van der Waals surface area (Å²) in [7, 11) is 0. The van der Waals surface area contributed by atoms with Gasteiger partial charge in [-0.1, -0.05) is 24.3 Å². The average molecular weight is 372 g/mol. The highest BCUT2D eigenvalue weighted by Gasteiger charge is 2.15. The number of carbonyl (C=O) groups excluding carboxylic acids is 1. The Morgan fingerprint density at radius 3 is 2.65 bits per heavy atom. The van der Waals surface area contributed by atoms with Gasteiger partial charge in [0.15, 0.2) is 0 Å². The Kier molecular flexibility index (Phi) is 5.23. The second kappa shape index (κ2) is 7.42. The molecule has 0 atom stereocenters. The van der Waals surface area contributed by atoms with Crippen LogP contribution in [0.3, 0.4) is 0 Å². The van der Waals surface area contributed by atoms with Gasteiger partial charge in [0.25, 0.3) is 0 Å². The van der Waals surface area contributed by atoms with Crippen LogP contribution in [-0.4, -0.2) is 11.7 Å². The summed E-state index contributed by atoms with van der Waals surface area (Å²) in [4.78, 5) is 11.8. The number of furan rings is 1. The van der Waals surface area contributed by atoms with Crippen LogP contribution in [-0.2, 0) is 17.2 Å². The number of rotatable bonds is 4. The molecule has 1 aromatic heterocycles. The topological polar surface area (TPSA) is 51.5 Å². The molecular formula is C21H22ClNO3. The van der Waals surface area contributed by atoms with Crippen LogP contribution in [0, 0.1) is 0 Å². The highest BCUT2D eigenvalue weighted by molar-refractivity contribution is 6.18. The first-order chi connectivity index (χ1) is 12.4. The van der Waals surface area contributed by atoms with Gasteiger partial charge in [-0.3, -0.25) is 0 Å². The molecule has 0 radical (unpaired) electrons. The maximum Gasteiger partial charge on any atom is 0.407 e. The lowest BCUT2D eigenvalue weighted by Gasteiger charge is -2.19. The number of alkyl halides is 1. The number of hydrogen-bond acceptors (Lipinski definition) is 3. The van der Waals surface area contributed by atoms with Gasteiger partial charge in [0, 0.05) is 17.5 Å². The number of ether oxygens (including phenoxy) is 1. The van der Waals surface area contributed by atoms with Gasteiger partial charge < -0.3 is 14.5 Å². The second-order valence-electron chi connectivity index (χ2n) is 7.16. The molecule has 4 nitrogen and oxygen atoms in total. The number of alkyl carbamates (subject to hydrolysis) is 1. The van der Waals surface area contributed by atoms with Gasteiger partial charge in [-0.25, -0.2) is 4.79 Å². The highest BCUT2D eigenvalue weighted by Crippen LogP contribution is 2.29. The Hall–Kier alpha value is -2.46. The smallest absolute Gasteiger partial charge is 0.407 e. The fraction of sp³-hybridized carbons (Fsp3) is 0.286. The van der Waals surface area contributed by atoms with E-state index in [2.05, 4.69) is 17.4 Å². The van der Waals surface area contributed by atoms with Crippen molar-refractivity contribution in [1.29, 1.82) is 0 Å². The van der Waals surface area contributed by atoms with Gasteiger partial charge in [0.1, 0.15) is 11.2 Å². The van der Waals surface area contributed by atoms with E-state index in [1.165, 1.54) is 0 Å². The number of fused-ring (bicyclic) bond motifs is 1. The first kappa shape index (κ1) is 18.3. The van der Waals surface area contributed by atoms with E-state index in [1.807, 2.05) is 51.1 Å². The Balaban J connectivity index is 1.78.